The van der Waals surface area contributed by atoms with Crippen LogP contribution < -0.4 is 5.32 Å². The van der Waals surface area contributed by atoms with Crippen LogP contribution in [0.1, 0.15) is 39.5 Å². The van der Waals surface area contributed by atoms with Gasteiger partial charge in [0.2, 0.25) is 0 Å². The van der Waals surface area contributed by atoms with Crippen molar-refractivity contribution in [2.24, 2.45) is 5.92 Å². The Morgan fingerprint density at radius 2 is 2.31 bits per heavy atom. The van der Waals surface area contributed by atoms with Gasteiger partial charge in [0.05, 0.1) is 6.61 Å². The van der Waals surface area contributed by atoms with Crippen LogP contribution in [0, 0.1) is 5.92 Å². The first kappa shape index (κ1) is 11.0. The molecule has 1 N–H and O–H groups in total. The second kappa shape index (κ2) is 4.97. The van der Waals surface area contributed by atoms with Crippen molar-refractivity contribution in [1.29, 1.82) is 0 Å². The van der Waals surface area contributed by atoms with E-state index in [0.717, 1.165) is 19.1 Å². The van der Waals surface area contributed by atoms with Crippen LogP contribution in [0.3, 0.4) is 0 Å². The van der Waals surface area contributed by atoms with E-state index >= 15 is 0 Å². The number of hydrogen-bond donors (Lipinski definition) is 1. The van der Waals surface area contributed by atoms with E-state index in [9.17, 15) is 0 Å². The minimum Gasteiger partial charge on any atom is -0.383 e. The predicted molar refractivity (Wildman–Crippen MR) is 55.9 cm³/mol. The smallest absolute Gasteiger partial charge is 0.0641 e. The van der Waals surface area contributed by atoms with E-state index in [2.05, 4.69) is 19.2 Å². The molecule has 0 radical (unpaired) electrons. The van der Waals surface area contributed by atoms with Crippen LogP contribution in [0.25, 0.3) is 0 Å². The zero-order valence-corrected chi connectivity index (χ0v) is 9.23. The van der Waals surface area contributed by atoms with Crippen molar-refractivity contribution in [3.8, 4) is 0 Å². The number of hydrogen-bond acceptors (Lipinski definition) is 2. The highest BCUT2D eigenvalue weighted by Gasteiger charge is 2.30. The number of rotatable bonds is 4. The lowest BCUT2D eigenvalue weighted by Crippen LogP contribution is -2.51. The maximum absolute atomic E-state index is 5.25. The number of methoxy groups -OCH3 is 1. The molecule has 2 unspecified atom stereocenters. The molecule has 0 spiro atoms. The molecule has 0 aromatic rings. The van der Waals surface area contributed by atoms with Crippen molar-refractivity contribution in [3.05, 3.63) is 0 Å². The van der Waals surface area contributed by atoms with Gasteiger partial charge in [-0.15, -0.1) is 0 Å². The van der Waals surface area contributed by atoms with Crippen LogP contribution in [-0.4, -0.2) is 25.8 Å². The third kappa shape index (κ3) is 3.28. The molecule has 2 heteroatoms. The Morgan fingerprint density at radius 3 is 2.92 bits per heavy atom. The van der Waals surface area contributed by atoms with Crippen molar-refractivity contribution in [3.63, 3.8) is 0 Å². The first-order valence-corrected chi connectivity index (χ1v) is 5.44. The van der Waals surface area contributed by atoms with Crippen molar-refractivity contribution in [2.75, 3.05) is 20.3 Å². The molecule has 13 heavy (non-hydrogen) atoms. The molecule has 1 rings (SSSR count). The summed E-state index contributed by atoms with van der Waals surface area (Å²) in [6.45, 7) is 6.55. The molecule has 2 nitrogen and oxygen atoms in total. The third-order valence-electron chi connectivity index (χ3n) is 3.00. The molecule has 1 aliphatic rings. The minimum absolute atomic E-state index is 0.229. The molecular formula is C11H23NO. The van der Waals surface area contributed by atoms with Gasteiger partial charge in [-0.05, 0) is 32.2 Å². The fraction of sp³-hybridized carbons (Fsp3) is 1.00. The lowest BCUT2D eigenvalue weighted by Gasteiger charge is -2.38. The summed E-state index contributed by atoms with van der Waals surface area (Å²) in [5, 5.41) is 3.56. The maximum atomic E-state index is 5.25. The summed E-state index contributed by atoms with van der Waals surface area (Å²) in [5.41, 5.74) is 0.229. The van der Waals surface area contributed by atoms with E-state index in [0.29, 0.717) is 0 Å². The maximum Gasteiger partial charge on any atom is 0.0641 e. The van der Waals surface area contributed by atoms with Crippen LogP contribution in [0.2, 0.25) is 0 Å². The molecule has 0 aliphatic carbocycles. The van der Waals surface area contributed by atoms with Crippen LogP contribution in [0.15, 0.2) is 0 Å². The molecule has 0 bridgehead atoms. The summed E-state index contributed by atoms with van der Waals surface area (Å²) in [6.07, 6.45) is 5.30. The van der Waals surface area contributed by atoms with Crippen LogP contribution in [0.5, 0.6) is 0 Å². The zero-order chi connectivity index (χ0) is 9.73. The van der Waals surface area contributed by atoms with E-state index < -0.39 is 0 Å². The molecule has 1 saturated heterocycles. The van der Waals surface area contributed by atoms with Crippen LogP contribution in [-0.2, 0) is 4.74 Å². The Morgan fingerprint density at radius 1 is 1.54 bits per heavy atom. The van der Waals surface area contributed by atoms with Crippen molar-refractivity contribution in [1.82, 2.24) is 5.32 Å². The molecule has 2 atom stereocenters. The lowest BCUT2D eigenvalue weighted by atomic mass is 9.81. The molecule has 1 fully saturated rings. The Kier molecular flexibility index (Phi) is 4.20. The first-order chi connectivity index (χ1) is 6.20. The number of ether oxygens (including phenoxy) is 1. The molecule has 1 heterocycles. The molecule has 0 aromatic carbocycles. The highest BCUT2D eigenvalue weighted by atomic mass is 16.5. The topological polar surface area (TPSA) is 21.3 Å². The van der Waals surface area contributed by atoms with Gasteiger partial charge in [0.15, 0.2) is 0 Å². The number of nitrogens with one attached hydrogen (secondary N) is 1. The highest BCUT2D eigenvalue weighted by molar-refractivity contribution is 4.89. The lowest BCUT2D eigenvalue weighted by molar-refractivity contribution is 0.0811. The SMILES string of the molecule is CCCC1CCNC(C)(COC)C1. The van der Waals surface area contributed by atoms with Gasteiger partial charge in [-0.25, -0.2) is 0 Å². The van der Waals surface area contributed by atoms with Gasteiger partial charge in [0.25, 0.3) is 0 Å². The van der Waals surface area contributed by atoms with Crippen LogP contribution >= 0.6 is 0 Å². The zero-order valence-electron chi connectivity index (χ0n) is 9.23. The monoisotopic (exact) mass is 185 g/mol. The van der Waals surface area contributed by atoms with Gasteiger partial charge in [0, 0.05) is 12.6 Å². The fourth-order valence-corrected chi connectivity index (χ4v) is 2.47. The standard InChI is InChI=1S/C11H23NO/c1-4-5-10-6-7-12-11(2,8-10)9-13-3/h10,12H,4-9H2,1-3H3. The van der Waals surface area contributed by atoms with Crippen molar-refractivity contribution < 1.29 is 4.74 Å². The van der Waals surface area contributed by atoms with Gasteiger partial charge in [-0.1, -0.05) is 19.8 Å². The Hall–Kier alpha value is -0.0800. The first-order valence-electron chi connectivity index (χ1n) is 5.44. The molecule has 0 saturated carbocycles. The number of piperidine rings is 1. The summed E-state index contributed by atoms with van der Waals surface area (Å²) in [4.78, 5) is 0. The summed E-state index contributed by atoms with van der Waals surface area (Å²) in [6, 6.07) is 0. The predicted octanol–water partition coefficient (Wildman–Crippen LogP) is 2.19. The van der Waals surface area contributed by atoms with Gasteiger partial charge in [-0.3, -0.25) is 0 Å². The van der Waals surface area contributed by atoms with Crippen molar-refractivity contribution in [2.45, 2.75) is 45.1 Å². The molecular weight excluding hydrogens is 162 g/mol. The summed E-state index contributed by atoms with van der Waals surface area (Å²) < 4.78 is 5.25. The van der Waals surface area contributed by atoms with E-state index in [-0.39, 0.29) is 5.54 Å². The Bertz CT molecular complexity index is 143. The summed E-state index contributed by atoms with van der Waals surface area (Å²) >= 11 is 0. The molecule has 0 aromatic heterocycles. The van der Waals surface area contributed by atoms with Gasteiger partial charge in [0.1, 0.15) is 0 Å². The second-order valence-corrected chi connectivity index (χ2v) is 4.57. The van der Waals surface area contributed by atoms with Gasteiger partial charge >= 0.3 is 0 Å². The van der Waals surface area contributed by atoms with E-state index in [4.69, 9.17) is 4.74 Å². The average molecular weight is 185 g/mol. The van der Waals surface area contributed by atoms with E-state index in [1.807, 2.05) is 0 Å². The average Bonchev–Trinajstić information content (AvgIpc) is 2.04. The van der Waals surface area contributed by atoms with Crippen molar-refractivity contribution >= 4 is 0 Å². The summed E-state index contributed by atoms with van der Waals surface area (Å²) in [5.74, 6) is 0.909. The van der Waals surface area contributed by atoms with Gasteiger partial charge < -0.3 is 10.1 Å². The second-order valence-electron chi connectivity index (χ2n) is 4.57. The highest BCUT2D eigenvalue weighted by Crippen LogP contribution is 2.27. The normalized spacial score (nSPS) is 34.8. The Labute approximate surface area is 82.0 Å². The quantitative estimate of drug-likeness (QED) is 0.725. The molecule has 0 amide bonds. The fourth-order valence-electron chi connectivity index (χ4n) is 2.47. The van der Waals surface area contributed by atoms with E-state index in [1.165, 1.54) is 25.7 Å². The van der Waals surface area contributed by atoms with Gasteiger partial charge in [-0.2, -0.15) is 0 Å². The minimum atomic E-state index is 0.229. The third-order valence-corrected chi connectivity index (χ3v) is 3.00. The van der Waals surface area contributed by atoms with E-state index in [1.54, 1.807) is 7.11 Å². The van der Waals surface area contributed by atoms with Crippen LogP contribution in [0.4, 0.5) is 0 Å². The molecule has 1 aliphatic heterocycles. The largest absolute Gasteiger partial charge is 0.383 e. The Balaban J connectivity index is 2.39. The molecule has 78 valence electrons. The summed E-state index contributed by atoms with van der Waals surface area (Å²) in [7, 11) is 1.79.